The predicted molar refractivity (Wildman–Crippen MR) is 107 cm³/mol. The molecule has 0 bridgehead atoms. The lowest BCUT2D eigenvalue weighted by Gasteiger charge is -2.17. The van der Waals surface area contributed by atoms with E-state index in [-0.39, 0.29) is 12.4 Å². The molecule has 0 amide bonds. The highest BCUT2D eigenvalue weighted by Crippen LogP contribution is 2.24. The van der Waals surface area contributed by atoms with Crippen LogP contribution >= 0.6 is 12.4 Å². The smallest absolute Gasteiger partial charge is 0.0301 e. The lowest BCUT2D eigenvalue weighted by Crippen LogP contribution is -2.18. The molecule has 0 aliphatic carbocycles. The van der Waals surface area contributed by atoms with Gasteiger partial charge in [0.1, 0.15) is 0 Å². The maximum Gasteiger partial charge on any atom is 0.0301 e. The van der Waals surface area contributed by atoms with Crippen LogP contribution in [0.25, 0.3) is 10.8 Å². The maximum atomic E-state index is 3.66. The van der Waals surface area contributed by atoms with Gasteiger partial charge in [0, 0.05) is 12.6 Å². The van der Waals surface area contributed by atoms with Crippen molar-refractivity contribution in [2.24, 2.45) is 0 Å². The molecular formula is C22H26ClN. The highest BCUT2D eigenvalue weighted by Gasteiger charge is 2.08. The minimum absolute atomic E-state index is 0. The molecule has 1 N–H and O–H groups in total. The van der Waals surface area contributed by atoms with Gasteiger partial charge in [-0.25, -0.2) is 0 Å². The lowest BCUT2D eigenvalue weighted by molar-refractivity contribution is 0.578. The Labute approximate surface area is 151 Å². The van der Waals surface area contributed by atoms with Gasteiger partial charge in [0.05, 0.1) is 0 Å². The van der Waals surface area contributed by atoms with Crippen molar-refractivity contribution in [1.82, 2.24) is 5.32 Å². The van der Waals surface area contributed by atoms with Gasteiger partial charge in [0.15, 0.2) is 0 Å². The van der Waals surface area contributed by atoms with Crippen LogP contribution in [0.4, 0.5) is 0 Å². The summed E-state index contributed by atoms with van der Waals surface area (Å²) >= 11 is 0. The average Bonchev–Trinajstić information content (AvgIpc) is 2.59. The first-order valence-corrected chi connectivity index (χ1v) is 8.45. The average molecular weight is 340 g/mol. The molecule has 1 atom stereocenters. The van der Waals surface area contributed by atoms with Gasteiger partial charge in [0.25, 0.3) is 0 Å². The molecule has 126 valence electrons. The summed E-state index contributed by atoms with van der Waals surface area (Å²) in [5.41, 5.74) is 4.10. The minimum atomic E-state index is 0. The molecule has 2 heteroatoms. The molecule has 0 saturated carbocycles. The molecule has 0 heterocycles. The van der Waals surface area contributed by atoms with E-state index in [9.17, 15) is 0 Å². The maximum absolute atomic E-state index is 3.66. The third-order valence-electron chi connectivity index (χ3n) is 4.55. The van der Waals surface area contributed by atoms with Crippen LogP contribution in [0.2, 0.25) is 0 Å². The largest absolute Gasteiger partial charge is 0.306 e. The topological polar surface area (TPSA) is 12.0 Å². The quantitative estimate of drug-likeness (QED) is 0.580. The molecule has 0 radical (unpaired) electrons. The Bertz CT molecular complexity index is 772. The SMILES string of the molecule is CC(C)c1ccc(CNC(C)c2cccc3ccccc23)cc1.Cl. The fourth-order valence-electron chi connectivity index (χ4n) is 3.03. The molecule has 0 aromatic heterocycles. The van der Waals surface area contributed by atoms with Crippen LogP contribution in [0.1, 0.15) is 49.4 Å². The normalized spacial score (nSPS) is 12.2. The number of fused-ring (bicyclic) bond motifs is 1. The zero-order valence-corrected chi connectivity index (χ0v) is 15.4. The van der Waals surface area contributed by atoms with Crippen LogP contribution in [0.5, 0.6) is 0 Å². The van der Waals surface area contributed by atoms with Gasteiger partial charge in [0.2, 0.25) is 0 Å². The van der Waals surface area contributed by atoms with E-state index < -0.39 is 0 Å². The van der Waals surface area contributed by atoms with E-state index in [1.807, 2.05) is 0 Å². The Kier molecular flexibility index (Phi) is 6.42. The Morgan fingerprint density at radius 1 is 0.792 bits per heavy atom. The number of rotatable bonds is 5. The zero-order valence-electron chi connectivity index (χ0n) is 14.6. The second-order valence-corrected chi connectivity index (χ2v) is 6.57. The molecule has 1 nitrogen and oxygen atoms in total. The molecule has 0 aliphatic rings. The second kappa shape index (κ2) is 8.32. The summed E-state index contributed by atoms with van der Waals surface area (Å²) in [5.74, 6) is 0.589. The van der Waals surface area contributed by atoms with Crippen LogP contribution in [0.3, 0.4) is 0 Å². The van der Waals surface area contributed by atoms with E-state index in [0.29, 0.717) is 12.0 Å². The summed E-state index contributed by atoms with van der Waals surface area (Å²) in [7, 11) is 0. The fourth-order valence-corrected chi connectivity index (χ4v) is 3.03. The minimum Gasteiger partial charge on any atom is -0.306 e. The van der Waals surface area contributed by atoms with Crippen molar-refractivity contribution in [2.45, 2.75) is 39.3 Å². The molecule has 3 aromatic carbocycles. The van der Waals surface area contributed by atoms with E-state index in [2.05, 4.69) is 92.8 Å². The van der Waals surface area contributed by atoms with Crippen molar-refractivity contribution >= 4 is 23.2 Å². The van der Waals surface area contributed by atoms with E-state index in [1.165, 1.54) is 27.5 Å². The standard InChI is InChI=1S/C22H25N.ClH/c1-16(2)19-13-11-18(12-14-19)15-23-17(3)21-10-6-8-20-7-4-5-9-22(20)21;/h4-14,16-17,23H,15H2,1-3H3;1H. The molecule has 0 fully saturated rings. The lowest BCUT2D eigenvalue weighted by atomic mass is 9.99. The molecular weight excluding hydrogens is 314 g/mol. The summed E-state index contributed by atoms with van der Waals surface area (Å²) in [4.78, 5) is 0. The predicted octanol–water partition coefficient (Wildman–Crippen LogP) is 6.24. The van der Waals surface area contributed by atoms with E-state index in [0.717, 1.165) is 6.54 Å². The molecule has 0 aliphatic heterocycles. The monoisotopic (exact) mass is 339 g/mol. The van der Waals surface area contributed by atoms with Gasteiger partial charge < -0.3 is 5.32 Å². The van der Waals surface area contributed by atoms with Crippen LogP contribution in [0.15, 0.2) is 66.7 Å². The van der Waals surface area contributed by atoms with Gasteiger partial charge in [-0.05, 0) is 40.3 Å². The molecule has 3 aromatic rings. The number of hydrogen-bond acceptors (Lipinski definition) is 1. The number of benzene rings is 3. The van der Waals surface area contributed by atoms with E-state index in [4.69, 9.17) is 0 Å². The molecule has 1 unspecified atom stereocenters. The van der Waals surface area contributed by atoms with Crippen LogP contribution < -0.4 is 5.32 Å². The Balaban J connectivity index is 0.00000208. The molecule has 3 rings (SSSR count). The van der Waals surface area contributed by atoms with Gasteiger partial charge in [-0.15, -0.1) is 12.4 Å². The highest BCUT2D eigenvalue weighted by molar-refractivity contribution is 5.86. The number of hydrogen-bond donors (Lipinski definition) is 1. The Morgan fingerprint density at radius 2 is 1.46 bits per heavy atom. The summed E-state index contributed by atoms with van der Waals surface area (Å²) < 4.78 is 0. The van der Waals surface area contributed by atoms with E-state index >= 15 is 0 Å². The third kappa shape index (κ3) is 4.17. The molecule has 0 spiro atoms. The van der Waals surface area contributed by atoms with Gasteiger partial charge >= 0.3 is 0 Å². The Hall–Kier alpha value is -1.83. The van der Waals surface area contributed by atoms with Crippen molar-refractivity contribution in [3.05, 3.63) is 83.4 Å². The number of nitrogens with one attached hydrogen (secondary N) is 1. The zero-order chi connectivity index (χ0) is 16.2. The first-order valence-electron chi connectivity index (χ1n) is 8.45. The van der Waals surface area contributed by atoms with Crippen molar-refractivity contribution in [1.29, 1.82) is 0 Å². The summed E-state index contributed by atoms with van der Waals surface area (Å²) in [6, 6.07) is 24.4. The van der Waals surface area contributed by atoms with Crippen LogP contribution in [0, 0.1) is 0 Å². The molecule has 24 heavy (non-hydrogen) atoms. The summed E-state index contributed by atoms with van der Waals surface area (Å²) in [5, 5.41) is 6.30. The first kappa shape index (κ1) is 18.5. The van der Waals surface area contributed by atoms with Crippen molar-refractivity contribution < 1.29 is 0 Å². The first-order chi connectivity index (χ1) is 11.1. The van der Waals surface area contributed by atoms with E-state index in [1.54, 1.807) is 0 Å². The number of halogens is 1. The van der Waals surface area contributed by atoms with Crippen molar-refractivity contribution in [2.75, 3.05) is 0 Å². The summed E-state index contributed by atoms with van der Waals surface area (Å²) in [6.07, 6.45) is 0. The summed E-state index contributed by atoms with van der Waals surface area (Å²) in [6.45, 7) is 7.60. The van der Waals surface area contributed by atoms with Gasteiger partial charge in [-0.1, -0.05) is 80.6 Å². The van der Waals surface area contributed by atoms with Crippen LogP contribution in [-0.2, 0) is 6.54 Å². The second-order valence-electron chi connectivity index (χ2n) is 6.57. The Morgan fingerprint density at radius 3 is 2.17 bits per heavy atom. The van der Waals surface area contributed by atoms with Crippen LogP contribution in [-0.4, -0.2) is 0 Å². The highest BCUT2D eigenvalue weighted by atomic mass is 35.5. The van der Waals surface area contributed by atoms with Crippen molar-refractivity contribution in [3.63, 3.8) is 0 Å². The third-order valence-corrected chi connectivity index (χ3v) is 4.55. The van der Waals surface area contributed by atoms with Gasteiger partial charge in [-0.2, -0.15) is 0 Å². The van der Waals surface area contributed by atoms with Crippen molar-refractivity contribution in [3.8, 4) is 0 Å². The molecule has 0 saturated heterocycles. The fraction of sp³-hybridized carbons (Fsp3) is 0.273. The van der Waals surface area contributed by atoms with Gasteiger partial charge in [-0.3, -0.25) is 0 Å².